The number of sulfonamides is 1. The van der Waals surface area contributed by atoms with E-state index in [0.29, 0.717) is 45.7 Å². The van der Waals surface area contributed by atoms with Crippen molar-refractivity contribution < 1.29 is 18.0 Å². The molecule has 2 amide bonds. The van der Waals surface area contributed by atoms with E-state index in [1.54, 1.807) is 9.80 Å². The first kappa shape index (κ1) is 16.0. The summed E-state index contributed by atoms with van der Waals surface area (Å²) in [6.07, 6.45) is 3.08. The van der Waals surface area contributed by atoms with Gasteiger partial charge in [0.1, 0.15) is 0 Å². The van der Waals surface area contributed by atoms with Gasteiger partial charge in [0.15, 0.2) is 0 Å². The van der Waals surface area contributed by atoms with Gasteiger partial charge >= 0.3 is 0 Å². The summed E-state index contributed by atoms with van der Waals surface area (Å²) in [5.41, 5.74) is 0. The summed E-state index contributed by atoms with van der Waals surface area (Å²) in [6, 6.07) is 0. The molecule has 0 aromatic carbocycles. The molecule has 0 radical (unpaired) electrons. The third-order valence-electron chi connectivity index (χ3n) is 3.95. The molecule has 2 fully saturated rings. The smallest absolute Gasteiger partial charge is 0.246 e. The number of hydrogen-bond acceptors (Lipinski definition) is 4. The summed E-state index contributed by atoms with van der Waals surface area (Å²) in [5.74, 6) is -0.310. The topological polar surface area (TPSA) is 78.0 Å². The van der Waals surface area contributed by atoms with E-state index in [2.05, 4.69) is 6.58 Å². The Morgan fingerprint density at radius 3 is 2.33 bits per heavy atom. The number of rotatable bonds is 3. The molecule has 8 heteroatoms. The normalized spacial score (nSPS) is 21.6. The molecular formula is C13H21N3O4S. The first-order chi connectivity index (χ1) is 9.82. The van der Waals surface area contributed by atoms with E-state index in [1.165, 1.54) is 16.6 Å². The molecule has 0 aliphatic carbocycles. The summed E-state index contributed by atoms with van der Waals surface area (Å²) >= 11 is 0. The van der Waals surface area contributed by atoms with Gasteiger partial charge in [0.2, 0.25) is 21.8 Å². The third kappa shape index (κ3) is 3.62. The Balaban J connectivity index is 1.87. The molecule has 118 valence electrons. The van der Waals surface area contributed by atoms with Crippen molar-refractivity contribution in [2.24, 2.45) is 5.92 Å². The zero-order valence-electron chi connectivity index (χ0n) is 12.2. The quantitative estimate of drug-likeness (QED) is 0.634. The van der Waals surface area contributed by atoms with Crippen molar-refractivity contribution in [3.8, 4) is 0 Å². The lowest BCUT2D eigenvalue weighted by atomic mass is 9.98. The Morgan fingerprint density at radius 1 is 1.10 bits per heavy atom. The van der Waals surface area contributed by atoms with Crippen molar-refractivity contribution >= 4 is 21.8 Å². The van der Waals surface area contributed by atoms with Crippen molar-refractivity contribution in [3.63, 3.8) is 0 Å². The van der Waals surface area contributed by atoms with Crippen LogP contribution < -0.4 is 0 Å². The lowest BCUT2D eigenvalue weighted by Crippen LogP contribution is -2.56. The second-order valence-electron chi connectivity index (χ2n) is 5.49. The van der Waals surface area contributed by atoms with Crippen LogP contribution in [0.2, 0.25) is 0 Å². The second kappa shape index (κ2) is 6.15. The van der Waals surface area contributed by atoms with Gasteiger partial charge in [-0.1, -0.05) is 6.58 Å². The number of nitrogens with zero attached hydrogens (tertiary/aromatic N) is 3. The van der Waals surface area contributed by atoms with E-state index in [0.717, 1.165) is 0 Å². The van der Waals surface area contributed by atoms with Crippen LogP contribution in [0.4, 0.5) is 0 Å². The molecule has 0 bridgehead atoms. The van der Waals surface area contributed by atoms with Crippen molar-refractivity contribution in [1.82, 2.24) is 14.1 Å². The second-order valence-corrected chi connectivity index (χ2v) is 7.47. The lowest BCUT2D eigenvalue weighted by Gasteiger charge is -2.39. The van der Waals surface area contributed by atoms with Gasteiger partial charge in [0.25, 0.3) is 0 Å². The average Bonchev–Trinajstić information content (AvgIpc) is 2.61. The molecule has 0 N–H and O–H groups in total. The minimum absolute atomic E-state index is 0.0125. The highest BCUT2D eigenvalue weighted by molar-refractivity contribution is 7.88. The SMILES string of the molecule is C=CC(=O)N1CC(C(=O)N2CCCN(S(C)(=O)=O)CC2)C1. The van der Waals surface area contributed by atoms with Crippen molar-refractivity contribution in [2.75, 3.05) is 45.5 Å². The van der Waals surface area contributed by atoms with Crippen LogP contribution >= 0.6 is 0 Å². The first-order valence-corrected chi connectivity index (χ1v) is 8.83. The van der Waals surface area contributed by atoms with Gasteiger partial charge in [-0.25, -0.2) is 12.7 Å². The van der Waals surface area contributed by atoms with Gasteiger partial charge in [0.05, 0.1) is 12.2 Å². The highest BCUT2D eigenvalue weighted by Gasteiger charge is 2.37. The Labute approximate surface area is 125 Å². The number of carbonyl (C=O) groups excluding carboxylic acids is 2. The fourth-order valence-electron chi connectivity index (χ4n) is 2.65. The minimum Gasteiger partial charge on any atom is -0.341 e. The molecule has 0 aromatic rings. The van der Waals surface area contributed by atoms with Crippen LogP contribution in [0, 0.1) is 5.92 Å². The van der Waals surface area contributed by atoms with Gasteiger partial charge < -0.3 is 9.80 Å². The summed E-state index contributed by atoms with van der Waals surface area (Å²) in [6.45, 7) is 6.04. The zero-order chi connectivity index (χ0) is 15.6. The first-order valence-electron chi connectivity index (χ1n) is 6.98. The van der Waals surface area contributed by atoms with E-state index in [4.69, 9.17) is 0 Å². The van der Waals surface area contributed by atoms with Crippen molar-refractivity contribution in [1.29, 1.82) is 0 Å². The highest BCUT2D eigenvalue weighted by Crippen LogP contribution is 2.19. The fraction of sp³-hybridized carbons (Fsp3) is 0.692. The predicted octanol–water partition coefficient (Wildman–Crippen LogP) is -0.875. The van der Waals surface area contributed by atoms with Crippen molar-refractivity contribution in [2.45, 2.75) is 6.42 Å². The number of carbonyl (C=O) groups is 2. The van der Waals surface area contributed by atoms with Crippen LogP contribution in [0.1, 0.15) is 6.42 Å². The standard InChI is InChI=1S/C13H21N3O4S/c1-3-12(17)15-9-11(10-15)13(18)14-5-4-6-16(8-7-14)21(2,19)20/h3,11H,1,4-10H2,2H3. The molecule has 0 atom stereocenters. The van der Waals surface area contributed by atoms with Gasteiger partial charge in [-0.15, -0.1) is 0 Å². The Kier molecular flexibility index (Phi) is 4.67. The van der Waals surface area contributed by atoms with Crippen LogP contribution in [0.25, 0.3) is 0 Å². The van der Waals surface area contributed by atoms with Gasteiger partial charge in [-0.3, -0.25) is 9.59 Å². The molecule has 2 aliphatic heterocycles. The maximum absolute atomic E-state index is 12.3. The zero-order valence-corrected chi connectivity index (χ0v) is 13.0. The molecular weight excluding hydrogens is 294 g/mol. The molecule has 21 heavy (non-hydrogen) atoms. The van der Waals surface area contributed by atoms with E-state index < -0.39 is 10.0 Å². The van der Waals surface area contributed by atoms with Crippen LogP contribution in [-0.4, -0.2) is 79.9 Å². The van der Waals surface area contributed by atoms with E-state index in [9.17, 15) is 18.0 Å². The summed E-state index contributed by atoms with van der Waals surface area (Å²) in [4.78, 5) is 27.0. The van der Waals surface area contributed by atoms with Crippen LogP contribution in [0.3, 0.4) is 0 Å². The molecule has 7 nitrogen and oxygen atoms in total. The maximum atomic E-state index is 12.3. The molecule has 0 spiro atoms. The van der Waals surface area contributed by atoms with Crippen molar-refractivity contribution in [3.05, 3.63) is 12.7 Å². The third-order valence-corrected chi connectivity index (χ3v) is 5.26. The van der Waals surface area contributed by atoms with Crippen LogP contribution in [-0.2, 0) is 19.6 Å². The molecule has 2 saturated heterocycles. The molecule has 2 aliphatic rings. The molecule has 0 aromatic heterocycles. The average molecular weight is 315 g/mol. The van der Waals surface area contributed by atoms with E-state index in [1.807, 2.05) is 0 Å². The number of hydrogen-bond donors (Lipinski definition) is 0. The van der Waals surface area contributed by atoms with Gasteiger partial charge in [0, 0.05) is 39.3 Å². The number of amides is 2. The van der Waals surface area contributed by atoms with Crippen LogP contribution in [0.5, 0.6) is 0 Å². The highest BCUT2D eigenvalue weighted by atomic mass is 32.2. The Morgan fingerprint density at radius 2 is 1.76 bits per heavy atom. The van der Waals surface area contributed by atoms with Gasteiger partial charge in [-0.2, -0.15) is 0 Å². The summed E-state index contributed by atoms with van der Waals surface area (Å²) in [5, 5.41) is 0. The van der Waals surface area contributed by atoms with Gasteiger partial charge in [-0.05, 0) is 12.5 Å². The summed E-state index contributed by atoms with van der Waals surface area (Å²) < 4.78 is 24.5. The lowest BCUT2D eigenvalue weighted by molar-refractivity contribution is -0.146. The van der Waals surface area contributed by atoms with E-state index >= 15 is 0 Å². The molecule has 0 saturated carbocycles. The molecule has 2 heterocycles. The summed E-state index contributed by atoms with van der Waals surface area (Å²) in [7, 11) is -3.20. The monoisotopic (exact) mass is 315 g/mol. The van der Waals surface area contributed by atoms with E-state index in [-0.39, 0.29) is 17.7 Å². The largest absolute Gasteiger partial charge is 0.341 e. The fourth-order valence-corrected chi connectivity index (χ4v) is 3.52. The predicted molar refractivity (Wildman–Crippen MR) is 77.9 cm³/mol. The Hall–Kier alpha value is -1.41. The molecule has 2 rings (SSSR count). The Bertz CT molecular complexity index is 540. The van der Waals surface area contributed by atoms with Crippen LogP contribution in [0.15, 0.2) is 12.7 Å². The molecule has 0 unspecified atom stereocenters. The number of likely N-dealkylation sites (tertiary alicyclic amines) is 1. The maximum Gasteiger partial charge on any atom is 0.246 e. The minimum atomic E-state index is -3.20.